The van der Waals surface area contributed by atoms with Crippen LogP contribution >= 0.6 is 11.6 Å². The van der Waals surface area contributed by atoms with Gasteiger partial charge in [0.15, 0.2) is 0 Å². The van der Waals surface area contributed by atoms with E-state index in [9.17, 15) is 0 Å². The molecule has 0 aliphatic heterocycles. The molecule has 0 spiro atoms. The summed E-state index contributed by atoms with van der Waals surface area (Å²) in [7, 11) is 0. The Hall–Kier alpha value is -1.28. The van der Waals surface area contributed by atoms with E-state index in [1.165, 1.54) is 36.6 Å². The lowest BCUT2D eigenvalue weighted by Gasteiger charge is -2.30. The number of halogens is 1. The number of anilines is 1. The minimum Gasteiger partial charge on any atom is -0.367 e. The summed E-state index contributed by atoms with van der Waals surface area (Å²) >= 11 is 6.08. The van der Waals surface area contributed by atoms with Crippen molar-refractivity contribution in [3.05, 3.63) is 34.9 Å². The maximum Gasteiger partial charge on any atom is 0.127 e. The van der Waals surface area contributed by atoms with Crippen molar-refractivity contribution in [3.63, 3.8) is 0 Å². The third kappa shape index (κ3) is 2.76. The quantitative estimate of drug-likeness (QED) is 0.823. The van der Waals surface area contributed by atoms with Crippen molar-refractivity contribution >= 4 is 28.3 Å². The topological polar surface area (TPSA) is 24.9 Å². The Balaban J connectivity index is 1.91. The number of nitrogens with zero attached hydrogens (tertiary/aromatic N) is 1. The van der Waals surface area contributed by atoms with Gasteiger partial charge in [-0.25, -0.2) is 4.98 Å². The van der Waals surface area contributed by atoms with Crippen molar-refractivity contribution in [2.75, 3.05) is 5.32 Å². The maximum absolute atomic E-state index is 6.08. The Bertz CT molecular complexity index is 624. The lowest BCUT2D eigenvalue weighted by molar-refractivity contribution is 0.349. The average Bonchev–Trinajstić information content (AvgIpc) is 2.41. The number of fused-ring (bicyclic) bond motifs is 1. The molecule has 1 fully saturated rings. The predicted molar refractivity (Wildman–Crippen MR) is 86.5 cm³/mol. The number of aromatic nitrogens is 1. The summed E-state index contributed by atoms with van der Waals surface area (Å²) in [5, 5.41) is 5.55. The second-order valence-corrected chi connectivity index (χ2v) is 6.43. The number of hydrogen-bond acceptors (Lipinski definition) is 2. The van der Waals surface area contributed by atoms with Gasteiger partial charge in [0.2, 0.25) is 0 Å². The van der Waals surface area contributed by atoms with Crippen molar-refractivity contribution in [2.24, 2.45) is 5.92 Å². The van der Waals surface area contributed by atoms with E-state index in [1.54, 1.807) is 0 Å². The fraction of sp³-hybridized carbons (Fsp3) is 0.471. The van der Waals surface area contributed by atoms with Gasteiger partial charge in [0.05, 0.1) is 5.52 Å². The van der Waals surface area contributed by atoms with Gasteiger partial charge in [-0.05, 0) is 49.4 Å². The van der Waals surface area contributed by atoms with Crippen molar-refractivity contribution in [2.45, 2.75) is 45.6 Å². The van der Waals surface area contributed by atoms with Gasteiger partial charge in [0, 0.05) is 16.5 Å². The molecule has 106 valence electrons. The highest BCUT2D eigenvalue weighted by atomic mass is 35.5. The molecule has 0 unspecified atom stereocenters. The van der Waals surface area contributed by atoms with E-state index in [0.717, 1.165) is 22.3 Å². The summed E-state index contributed by atoms with van der Waals surface area (Å²) < 4.78 is 0. The Morgan fingerprint density at radius 3 is 2.80 bits per heavy atom. The summed E-state index contributed by atoms with van der Waals surface area (Å²) in [6.07, 6.45) is 5.24. The summed E-state index contributed by atoms with van der Waals surface area (Å²) in [6.45, 7) is 4.47. The van der Waals surface area contributed by atoms with Gasteiger partial charge >= 0.3 is 0 Å². The predicted octanol–water partition coefficient (Wildman–Crippen LogP) is 5.19. The monoisotopic (exact) mass is 288 g/mol. The molecule has 2 nitrogen and oxygen atoms in total. The molecular weight excluding hydrogens is 268 g/mol. The molecule has 1 aliphatic carbocycles. The van der Waals surface area contributed by atoms with Gasteiger partial charge in [-0.2, -0.15) is 0 Å². The lowest BCUT2D eigenvalue weighted by atomic mass is 9.86. The molecule has 1 N–H and O–H groups in total. The van der Waals surface area contributed by atoms with Gasteiger partial charge in [-0.3, -0.25) is 0 Å². The zero-order chi connectivity index (χ0) is 14.1. The molecule has 20 heavy (non-hydrogen) atoms. The van der Waals surface area contributed by atoms with E-state index in [0.29, 0.717) is 6.04 Å². The first-order valence-electron chi connectivity index (χ1n) is 7.47. The second kappa shape index (κ2) is 5.61. The molecule has 1 aliphatic rings. The Labute approximate surface area is 125 Å². The zero-order valence-corrected chi connectivity index (χ0v) is 12.9. The van der Waals surface area contributed by atoms with Crippen LogP contribution in [0.3, 0.4) is 0 Å². The number of pyridine rings is 1. The molecule has 3 rings (SSSR count). The highest BCUT2D eigenvalue weighted by Crippen LogP contribution is 2.28. The van der Waals surface area contributed by atoms with Gasteiger partial charge < -0.3 is 5.32 Å². The van der Waals surface area contributed by atoms with Crippen LogP contribution < -0.4 is 5.32 Å². The summed E-state index contributed by atoms with van der Waals surface area (Å²) in [5.74, 6) is 1.71. The molecule has 0 amide bonds. The average molecular weight is 289 g/mol. The first kappa shape index (κ1) is 13.7. The molecule has 0 radical (unpaired) electrons. The molecule has 1 saturated carbocycles. The van der Waals surface area contributed by atoms with Crippen LogP contribution in [-0.4, -0.2) is 11.0 Å². The van der Waals surface area contributed by atoms with Crippen LogP contribution in [0, 0.1) is 12.8 Å². The number of nitrogens with one attached hydrogen (secondary N) is 1. The fourth-order valence-electron chi connectivity index (χ4n) is 3.17. The Morgan fingerprint density at radius 1 is 1.20 bits per heavy atom. The molecule has 0 bridgehead atoms. The zero-order valence-electron chi connectivity index (χ0n) is 12.1. The molecule has 2 atom stereocenters. The maximum atomic E-state index is 6.08. The highest BCUT2D eigenvalue weighted by Gasteiger charge is 2.21. The Kier molecular flexibility index (Phi) is 3.84. The van der Waals surface area contributed by atoms with E-state index in [1.807, 2.05) is 18.2 Å². The second-order valence-electron chi connectivity index (χ2n) is 6.00. The van der Waals surface area contributed by atoms with E-state index in [-0.39, 0.29) is 0 Å². The van der Waals surface area contributed by atoms with Crippen molar-refractivity contribution in [1.29, 1.82) is 0 Å². The number of rotatable bonds is 2. The van der Waals surface area contributed by atoms with Crippen LogP contribution in [0.5, 0.6) is 0 Å². The van der Waals surface area contributed by atoms with Crippen LogP contribution in [0.4, 0.5) is 5.82 Å². The van der Waals surface area contributed by atoms with E-state index >= 15 is 0 Å². The molecule has 1 aromatic heterocycles. The van der Waals surface area contributed by atoms with Gasteiger partial charge in [-0.1, -0.05) is 37.4 Å². The van der Waals surface area contributed by atoms with Gasteiger partial charge in [0.25, 0.3) is 0 Å². The van der Waals surface area contributed by atoms with Crippen LogP contribution in [0.25, 0.3) is 10.9 Å². The summed E-state index contributed by atoms with van der Waals surface area (Å²) in [4.78, 5) is 4.73. The van der Waals surface area contributed by atoms with Gasteiger partial charge in [-0.15, -0.1) is 0 Å². The smallest absolute Gasteiger partial charge is 0.127 e. The normalized spacial score (nSPS) is 22.9. The minimum absolute atomic E-state index is 0.548. The van der Waals surface area contributed by atoms with Crippen LogP contribution in [-0.2, 0) is 0 Å². The molecule has 0 saturated heterocycles. The minimum atomic E-state index is 0.548. The molecule has 1 heterocycles. The summed E-state index contributed by atoms with van der Waals surface area (Å²) in [6, 6.07) is 8.62. The van der Waals surface area contributed by atoms with Crippen molar-refractivity contribution < 1.29 is 0 Å². The van der Waals surface area contributed by atoms with Crippen LogP contribution in [0.2, 0.25) is 5.02 Å². The van der Waals surface area contributed by atoms with Gasteiger partial charge in [0.1, 0.15) is 5.82 Å². The first-order valence-corrected chi connectivity index (χ1v) is 7.85. The van der Waals surface area contributed by atoms with E-state index < -0.39 is 0 Å². The third-order valence-electron chi connectivity index (χ3n) is 4.42. The van der Waals surface area contributed by atoms with Crippen molar-refractivity contribution in [1.82, 2.24) is 4.98 Å². The highest BCUT2D eigenvalue weighted by molar-refractivity contribution is 6.31. The molecule has 2 aromatic rings. The first-order chi connectivity index (χ1) is 9.63. The standard InChI is InChI=1S/C17H21ClN2/c1-11-5-3-4-6-15(11)19-17-9-12(2)14-8-7-13(18)10-16(14)20-17/h7-11,15H,3-6H2,1-2H3,(H,19,20)/t11-,15+/m0/s1. The van der Waals surface area contributed by atoms with Crippen LogP contribution in [0.15, 0.2) is 24.3 Å². The van der Waals surface area contributed by atoms with E-state index in [2.05, 4.69) is 25.2 Å². The number of aryl methyl sites for hydroxylation is 1. The lowest BCUT2D eigenvalue weighted by Crippen LogP contribution is -2.30. The Morgan fingerprint density at radius 2 is 2.00 bits per heavy atom. The third-order valence-corrected chi connectivity index (χ3v) is 4.66. The molecular formula is C17H21ClN2. The molecule has 1 aromatic carbocycles. The number of benzene rings is 1. The summed E-state index contributed by atoms with van der Waals surface area (Å²) in [5.41, 5.74) is 2.22. The number of hydrogen-bond donors (Lipinski definition) is 1. The molecule has 3 heteroatoms. The van der Waals surface area contributed by atoms with Crippen molar-refractivity contribution in [3.8, 4) is 0 Å². The SMILES string of the molecule is Cc1cc(N[C@@H]2CCCC[C@@H]2C)nc2cc(Cl)ccc12. The fourth-order valence-corrected chi connectivity index (χ4v) is 3.34. The van der Waals surface area contributed by atoms with Crippen LogP contribution in [0.1, 0.15) is 38.2 Å². The largest absolute Gasteiger partial charge is 0.367 e. The van der Waals surface area contributed by atoms with E-state index in [4.69, 9.17) is 16.6 Å².